The smallest absolute Gasteiger partial charge is 0.240 e. The van der Waals surface area contributed by atoms with Crippen LogP contribution in [-0.4, -0.2) is 24.5 Å². The lowest BCUT2D eigenvalue weighted by molar-refractivity contribution is -0.127. The van der Waals surface area contributed by atoms with E-state index in [1.54, 1.807) is 6.92 Å². The number of nitrogens with one attached hydrogen (secondary N) is 1. The highest BCUT2D eigenvalue weighted by Gasteiger charge is 2.17. The van der Waals surface area contributed by atoms with E-state index in [1.165, 1.54) is 0 Å². The maximum atomic E-state index is 11.3. The van der Waals surface area contributed by atoms with Crippen molar-refractivity contribution in [1.82, 2.24) is 5.32 Å². The molecule has 0 saturated carbocycles. The summed E-state index contributed by atoms with van der Waals surface area (Å²) in [7, 11) is 0. The van der Waals surface area contributed by atoms with Crippen LogP contribution in [0.5, 0.6) is 5.75 Å². The van der Waals surface area contributed by atoms with Crippen LogP contribution in [0.1, 0.15) is 25.8 Å². The lowest BCUT2D eigenvalue weighted by Crippen LogP contribution is -2.45. The van der Waals surface area contributed by atoms with E-state index in [0.717, 1.165) is 11.3 Å². The first-order valence-corrected chi connectivity index (χ1v) is 6.37. The molecule has 0 aliphatic carbocycles. The van der Waals surface area contributed by atoms with Crippen LogP contribution in [0.2, 0.25) is 0 Å². The Labute approximate surface area is 113 Å². The van der Waals surface area contributed by atoms with Crippen LogP contribution in [0.3, 0.4) is 0 Å². The molecule has 3 N–H and O–H groups in total. The summed E-state index contributed by atoms with van der Waals surface area (Å²) >= 11 is 0. The molecule has 1 aromatic rings. The van der Waals surface area contributed by atoms with Crippen molar-refractivity contribution in [3.05, 3.63) is 29.8 Å². The molecule has 0 unspecified atom stereocenters. The van der Waals surface area contributed by atoms with Gasteiger partial charge in [0.25, 0.3) is 0 Å². The normalized spacial score (nSPS) is 11.7. The van der Waals surface area contributed by atoms with E-state index < -0.39 is 11.9 Å². The predicted molar refractivity (Wildman–Crippen MR) is 72.7 cm³/mol. The second-order valence-electron chi connectivity index (χ2n) is 4.16. The van der Waals surface area contributed by atoms with Gasteiger partial charge in [0.1, 0.15) is 11.8 Å². The van der Waals surface area contributed by atoms with E-state index >= 15 is 0 Å². The molecule has 0 aromatic heterocycles. The van der Waals surface area contributed by atoms with Crippen molar-refractivity contribution < 1.29 is 14.3 Å². The number of amides is 2. The van der Waals surface area contributed by atoms with E-state index in [0.29, 0.717) is 19.4 Å². The highest BCUT2D eigenvalue weighted by atomic mass is 16.5. The Bertz CT molecular complexity index is 429. The molecule has 0 aliphatic heterocycles. The van der Waals surface area contributed by atoms with Crippen LogP contribution in [0.4, 0.5) is 0 Å². The average Bonchev–Trinajstić information content (AvgIpc) is 2.40. The molecule has 19 heavy (non-hydrogen) atoms. The molecule has 0 saturated heterocycles. The maximum absolute atomic E-state index is 11.3. The van der Waals surface area contributed by atoms with Crippen molar-refractivity contribution in [2.45, 2.75) is 32.7 Å². The first kappa shape index (κ1) is 15.0. The topological polar surface area (TPSA) is 81.4 Å². The monoisotopic (exact) mass is 264 g/mol. The molecule has 0 bridgehead atoms. The summed E-state index contributed by atoms with van der Waals surface area (Å²) in [6.07, 6.45) is 0.709. The van der Waals surface area contributed by atoms with Gasteiger partial charge in [0.05, 0.1) is 6.61 Å². The van der Waals surface area contributed by atoms with E-state index in [2.05, 4.69) is 5.32 Å². The largest absolute Gasteiger partial charge is 0.494 e. The van der Waals surface area contributed by atoms with E-state index in [1.807, 2.05) is 31.2 Å². The standard InChI is InChI=1S/C14H20N2O3/c1-3-13(17)16-12(14(15)18)9-10-5-7-11(8-6-10)19-4-2/h5-8,12H,3-4,9H2,1-2H3,(H2,15,18)(H,16,17)/t12-/m1/s1. The summed E-state index contributed by atoms with van der Waals surface area (Å²) in [5, 5.41) is 2.61. The van der Waals surface area contributed by atoms with Gasteiger partial charge in [0, 0.05) is 12.8 Å². The number of carbonyl (C=O) groups excluding carboxylic acids is 2. The highest BCUT2D eigenvalue weighted by Crippen LogP contribution is 2.13. The Balaban J connectivity index is 2.68. The van der Waals surface area contributed by atoms with Crippen LogP contribution >= 0.6 is 0 Å². The number of ether oxygens (including phenoxy) is 1. The second-order valence-corrected chi connectivity index (χ2v) is 4.16. The number of carbonyl (C=O) groups is 2. The van der Waals surface area contributed by atoms with Crippen LogP contribution in [0.25, 0.3) is 0 Å². The molecule has 1 aromatic carbocycles. The number of hydrogen-bond donors (Lipinski definition) is 2. The van der Waals surface area contributed by atoms with E-state index in [9.17, 15) is 9.59 Å². The molecule has 0 fully saturated rings. The summed E-state index contributed by atoms with van der Waals surface area (Å²) < 4.78 is 5.33. The molecule has 104 valence electrons. The molecule has 0 radical (unpaired) electrons. The van der Waals surface area contributed by atoms with Crippen LogP contribution in [-0.2, 0) is 16.0 Å². The second kappa shape index (κ2) is 7.41. The minimum absolute atomic E-state index is 0.185. The first-order chi connectivity index (χ1) is 9.06. The van der Waals surface area contributed by atoms with Gasteiger partial charge in [-0.1, -0.05) is 19.1 Å². The average molecular weight is 264 g/mol. The summed E-state index contributed by atoms with van der Waals surface area (Å²) in [5.41, 5.74) is 6.21. The highest BCUT2D eigenvalue weighted by molar-refractivity contribution is 5.86. The Morgan fingerprint density at radius 2 is 1.89 bits per heavy atom. The molecule has 1 rings (SSSR count). The Morgan fingerprint density at radius 1 is 1.26 bits per heavy atom. The SMILES string of the molecule is CCOc1ccc(C[C@@H](NC(=O)CC)C(N)=O)cc1. The number of nitrogens with two attached hydrogens (primary N) is 1. The van der Waals surface area contributed by atoms with Gasteiger partial charge in [0.2, 0.25) is 11.8 Å². The fourth-order valence-corrected chi connectivity index (χ4v) is 1.64. The molecule has 0 spiro atoms. The minimum Gasteiger partial charge on any atom is -0.494 e. The molecule has 0 heterocycles. The molecular formula is C14H20N2O3. The van der Waals surface area contributed by atoms with Gasteiger partial charge >= 0.3 is 0 Å². The van der Waals surface area contributed by atoms with Crippen molar-refractivity contribution >= 4 is 11.8 Å². The van der Waals surface area contributed by atoms with Crippen LogP contribution in [0.15, 0.2) is 24.3 Å². The lowest BCUT2D eigenvalue weighted by Gasteiger charge is -2.15. The number of rotatable bonds is 7. The Hall–Kier alpha value is -2.04. The summed E-state index contributed by atoms with van der Waals surface area (Å²) in [6, 6.07) is 6.71. The summed E-state index contributed by atoms with van der Waals surface area (Å²) in [4.78, 5) is 22.6. The fraction of sp³-hybridized carbons (Fsp3) is 0.429. The van der Waals surface area contributed by atoms with Gasteiger partial charge in [-0.25, -0.2) is 0 Å². The summed E-state index contributed by atoms with van der Waals surface area (Å²) in [6.45, 7) is 4.25. The predicted octanol–water partition coefficient (Wildman–Crippen LogP) is 1.01. The van der Waals surface area contributed by atoms with Crippen LogP contribution in [0, 0.1) is 0 Å². The van der Waals surface area contributed by atoms with Crippen molar-refractivity contribution in [1.29, 1.82) is 0 Å². The van der Waals surface area contributed by atoms with Crippen molar-refractivity contribution in [2.24, 2.45) is 5.73 Å². The number of benzene rings is 1. The zero-order valence-electron chi connectivity index (χ0n) is 11.3. The van der Waals surface area contributed by atoms with Crippen LogP contribution < -0.4 is 15.8 Å². The molecule has 5 nitrogen and oxygen atoms in total. The summed E-state index contributed by atoms with van der Waals surface area (Å²) in [5.74, 6) is 0.0601. The van der Waals surface area contributed by atoms with Gasteiger partial charge in [-0.15, -0.1) is 0 Å². The van der Waals surface area contributed by atoms with Gasteiger partial charge < -0.3 is 15.8 Å². The third kappa shape index (κ3) is 4.99. The molecular weight excluding hydrogens is 244 g/mol. The Kier molecular flexibility index (Phi) is 5.85. The fourth-order valence-electron chi connectivity index (χ4n) is 1.64. The Morgan fingerprint density at radius 3 is 2.37 bits per heavy atom. The zero-order valence-corrected chi connectivity index (χ0v) is 11.3. The van der Waals surface area contributed by atoms with E-state index in [-0.39, 0.29) is 5.91 Å². The minimum atomic E-state index is -0.676. The van der Waals surface area contributed by atoms with Gasteiger partial charge in [0.15, 0.2) is 0 Å². The van der Waals surface area contributed by atoms with Crippen molar-refractivity contribution in [2.75, 3.05) is 6.61 Å². The lowest BCUT2D eigenvalue weighted by atomic mass is 10.1. The van der Waals surface area contributed by atoms with Crippen molar-refractivity contribution in [3.63, 3.8) is 0 Å². The van der Waals surface area contributed by atoms with E-state index in [4.69, 9.17) is 10.5 Å². The molecule has 5 heteroatoms. The third-order valence-electron chi connectivity index (χ3n) is 2.67. The van der Waals surface area contributed by atoms with Gasteiger partial charge in [-0.05, 0) is 24.6 Å². The number of hydrogen-bond acceptors (Lipinski definition) is 3. The van der Waals surface area contributed by atoms with Crippen molar-refractivity contribution in [3.8, 4) is 5.75 Å². The zero-order chi connectivity index (χ0) is 14.3. The molecule has 2 amide bonds. The molecule has 0 aliphatic rings. The maximum Gasteiger partial charge on any atom is 0.240 e. The number of primary amides is 1. The third-order valence-corrected chi connectivity index (χ3v) is 2.67. The first-order valence-electron chi connectivity index (χ1n) is 6.37. The molecule has 1 atom stereocenters. The van der Waals surface area contributed by atoms with Gasteiger partial charge in [-0.2, -0.15) is 0 Å². The quantitative estimate of drug-likeness (QED) is 0.771. The van der Waals surface area contributed by atoms with Gasteiger partial charge in [-0.3, -0.25) is 9.59 Å².